The van der Waals surface area contributed by atoms with Gasteiger partial charge in [0.1, 0.15) is 10.9 Å². The molecule has 20 heavy (non-hydrogen) atoms. The molecule has 0 fully saturated rings. The first-order chi connectivity index (χ1) is 9.70. The number of fused-ring (bicyclic) bond motifs is 1. The maximum Gasteiger partial charge on any atom is 0.312 e. The zero-order valence-corrected chi connectivity index (χ0v) is 12.2. The summed E-state index contributed by atoms with van der Waals surface area (Å²) in [5.74, 6) is -1.20. The average Bonchev–Trinajstić information content (AvgIpc) is 3.03. The molecule has 0 amide bonds. The molecule has 106 valence electrons. The largest absolute Gasteiger partial charge is 0.481 e. The van der Waals surface area contributed by atoms with Crippen molar-refractivity contribution in [3.8, 4) is 10.7 Å². The van der Waals surface area contributed by atoms with Gasteiger partial charge in [0.05, 0.1) is 23.9 Å². The van der Waals surface area contributed by atoms with E-state index >= 15 is 0 Å². The van der Waals surface area contributed by atoms with E-state index in [-0.39, 0.29) is 0 Å². The minimum absolute atomic E-state index is 0.439. The van der Waals surface area contributed by atoms with Crippen molar-refractivity contribution in [2.24, 2.45) is 0 Å². The molecule has 1 N–H and O–H groups in total. The van der Waals surface area contributed by atoms with Gasteiger partial charge in [-0.25, -0.2) is 9.97 Å². The maximum absolute atomic E-state index is 11.3. The summed E-state index contributed by atoms with van der Waals surface area (Å²) < 4.78 is 2.08. The van der Waals surface area contributed by atoms with Crippen LogP contribution in [-0.2, 0) is 17.8 Å². The van der Waals surface area contributed by atoms with Crippen LogP contribution < -0.4 is 0 Å². The standard InChI is InChI=1S/C14H17N3O2S/c1-2-6-17-8-15-7-10(17)13-16-12-9(14(18)19)4-3-5-11(12)20-13/h7-9H,2-6H2,1H3,(H,18,19). The van der Waals surface area contributed by atoms with Crippen LogP contribution in [-0.4, -0.2) is 25.6 Å². The first kappa shape index (κ1) is 13.3. The molecule has 0 aliphatic heterocycles. The molecule has 0 saturated carbocycles. The Balaban J connectivity index is 2.00. The molecule has 0 aromatic carbocycles. The summed E-state index contributed by atoms with van der Waals surface area (Å²) in [4.78, 5) is 21.3. The van der Waals surface area contributed by atoms with Gasteiger partial charge in [0, 0.05) is 11.4 Å². The number of aromatic nitrogens is 3. The summed E-state index contributed by atoms with van der Waals surface area (Å²) in [5.41, 5.74) is 1.77. The highest BCUT2D eigenvalue weighted by Gasteiger charge is 2.30. The van der Waals surface area contributed by atoms with E-state index in [0.717, 1.165) is 47.1 Å². The number of carboxylic acid groups (broad SMARTS) is 1. The molecule has 0 bridgehead atoms. The van der Waals surface area contributed by atoms with Gasteiger partial charge in [-0.05, 0) is 25.7 Å². The van der Waals surface area contributed by atoms with E-state index in [1.807, 2.05) is 12.5 Å². The monoisotopic (exact) mass is 291 g/mol. The van der Waals surface area contributed by atoms with Crippen LogP contribution >= 0.6 is 11.3 Å². The van der Waals surface area contributed by atoms with Crippen LogP contribution in [0.25, 0.3) is 10.7 Å². The number of carbonyl (C=O) groups is 1. The third-order valence-corrected chi connectivity index (χ3v) is 4.80. The SMILES string of the molecule is CCCn1cncc1-c1nc2c(s1)CCCC2C(=O)O. The number of hydrogen-bond acceptors (Lipinski definition) is 4. The summed E-state index contributed by atoms with van der Waals surface area (Å²) in [6, 6.07) is 0. The Kier molecular flexibility index (Phi) is 3.56. The lowest BCUT2D eigenvalue weighted by molar-refractivity contribution is -0.139. The zero-order chi connectivity index (χ0) is 14.1. The Morgan fingerprint density at radius 2 is 2.45 bits per heavy atom. The summed E-state index contributed by atoms with van der Waals surface area (Å²) in [6.45, 7) is 3.03. The van der Waals surface area contributed by atoms with Crippen LogP contribution in [0.2, 0.25) is 0 Å². The first-order valence-corrected chi connectivity index (χ1v) is 7.75. The van der Waals surface area contributed by atoms with E-state index in [0.29, 0.717) is 6.42 Å². The third kappa shape index (κ3) is 2.24. The maximum atomic E-state index is 11.3. The van der Waals surface area contributed by atoms with Gasteiger partial charge >= 0.3 is 5.97 Å². The summed E-state index contributed by atoms with van der Waals surface area (Å²) in [7, 11) is 0. The molecular formula is C14H17N3O2S. The van der Waals surface area contributed by atoms with E-state index in [2.05, 4.69) is 21.5 Å². The molecular weight excluding hydrogens is 274 g/mol. The molecule has 3 rings (SSSR count). The number of hydrogen-bond donors (Lipinski definition) is 1. The van der Waals surface area contributed by atoms with Crippen molar-refractivity contribution in [1.82, 2.24) is 14.5 Å². The van der Waals surface area contributed by atoms with Gasteiger partial charge in [0.15, 0.2) is 0 Å². The van der Waals surface area contributed by atoms with Gasteiger partial charge in [-0.2, -0.15) is 0 Å². The van der Waals surface area contributed by atoms with Crippen molar-refractivity contribution >= 4 is 17.3 Å². The first-order valence-electron chi connectivity index (χ1n) is 6.93. The minimum Gasteiger partial charge on any atom is -0.481 e. The van der Waals surface area contributed by atoms with Gasteiger partial charge in [0.25, 0.3) is 0 Å². The minimum atomic E-state index is -0.759. The smallest absolute Gasteiger partial charge is 0.312 e. The second-order valence-electron chi connectivity index (χ2n) is 5.08. The molecule has 0 saturated heterocycles. The van der Waals surface area contributed by atoms with Crippen LogP contribution in [0.4, 0.5) is 0 Å². The number of aliphatic carboxylic acids is 1. The van der Waals surface area contributed by atoms with E-state index in [4.69, 9.17) is 0 Å². The molecule has 1 aliphatic rings. The van der Waals surface area contributed by atoms with Crippen LogP contribution in [0, 0.1) is 0 Å². The topological polar surface area (TPSA) is 68.0 Å². The lowest BCUT2D eigenvalue weighted by Gasteiger charge is -2.16. The van der Waals surface area contributed by atoms with Gasteiger partial charge in [-0.3, -0.25) is 4.79 Å². The van der Waals surface area contributed by atoms with E-state index in [9.17, 15) is 9.90 Å². The molecule has 1 aliphatic carbocycles. The fourth-order valence-corrected chi connectivity index (χ4v) is 3.88. The highest BCUT2D eigenvalue weighted by molar-refractivity contribution is 7.15. The quantitative estimate of drug-likeness (QED) is 0.940. The zero-order valence-electron chi connectivity index (χ0n) is 11.4. The highest BCUT2D eigenvalue weighted by Crippen LogP contribution is 2.38. The molecule has 0 spiro atoms. The molecule has 2 heterocycles. The predicted octanol–water partition coefficient (Wildman–Crippen LogP) is 2.92. The molecule has 5 nitrogen and oxygen atoms in total. The van der Waals surface area contributed by atoms with Crippen LogP contribution in [0.15, 0.2) is 12.5 Å². The molecule has 2 aromatic rings. The van der Waals surface area contributed by atoms with Crippen molar-refractivity contribution in [1.29, 1.82) is 0 Å². The van der Waals surface area contributed by atoms with Crippen molar-refractivity contribution < 1.29 is 9.90 Å². The van der Waals surface area contributed by atoms with Crippen LogP contribution in [0.3, 0.4) is 0 Å². The highest BCUT2D eigenvalue weighted by atomic mass is 32.1. The Bertz CT molecular complexity index is 632. The lowest BCUT2D eigenvalue weighted by Crippen LogP contribution is -2.17. The summed E-state index contributed by atoms with van der Waals surface area (Å²) in [5, 5.41) is 10.2. The fourth-order valence-electron chi connectivity index (χ4n) is 2.69. The fraction of sp³-hybridized carbons (Fsp3) is 0.500. The molecule has 6 heteroatoms. The normalized spacial score (nSPS) is 17.9. The van der Waals surface area contributed by atoms with Gasteiger partial charge in [-0.15, -0.1) is 11.3 Å². The van der Waals surface area contributed by atoms with Gasteiger partial charge < -0.3 is 9.67 Å². The Morgan fingerprint density at radius 3 is 3.20 bits per heavy atom. The van der Waals surface area contributed by atoms with Crippen molar-refractivity contribution in [3.05, 3.63) is 23.1 Å². The van der Waals surface area contributed by atoms with E-state index in [1.165, 1.54) is 0 Å². The molecule has 1 unspecified atom stereocenters. The number of imidazole rings is 1. The second-order valence-corrected chi connectivity index (χ2v) is 6.17. The van der Waals surface area contributed by atoms with Crippen LogP contribution in [0.5, 0.6) is 0 Å². The number of aryl methyl sites for hydroxylation is 2. The number of rotatable bonds is 4. The van der Waals surface area contributed by atoms with Crippen LogP contribution in [0.1, 0.15) is 42.7 Å². The molecule has 0 radical (unpaired) electrons. The van der Waals surface area contributed by atoms with Crippen molar-refractivity contribution in [3.63, 3.8) is 0 Å². The van der Waals surface area contributed by atoms with Crippen molar-refractivity contribution in [2.75, 3.05) is 0 Å². The van der Waals surface area contributed by atoms with E-state index in [1.54, 1.807) is 11.3 Å². The number of thiazole rings is 1. The summed E-state index contributed by atoms with van der Waals surface area (Å²) >= 11 is 1.62. The Labute approximate surface area is 121 Å². The molecule has 1 atom stereocenters. The number of carboxylic acids is 1. The van der Waals surface area contributed by atoms with E-state index < -0.39 is 11.9 Å². The number of nitrogens with zero attached hydrogens (tertiary/aromatic N) is 3. The van der Waals surface area contributed by atoms with Gasteiger partial charge in [-0.1, -0.05) is 6.92 Å². The third-order valence-electron chi connectivity index (χ3n) is 3.65. The molecule has 2 aromatic heterocycles. The second kappa shape index (κ2) is 5.36. The van der Waals surface area contributed by atoms with Crippen molar-refractivity contribution in [2.45, 2.75) is 45.1 Å². The summed E-state index contributed by atoms with van der Waals surface area (Å²) in [6.07, 6.45) is 7.23. The van der Waals surface area contributed by atoms with Gasteiger partial charge in [0.2, 0.25) is 0 Å². The predicted molar refractivity (Wildman–Crippen MR) is 76.9 cm³/mol. The Hall–Kier alpha value is -1.69. The lowest BCUT2D eigenvalue weighted by atomic mass is 9.91. The average molecular weight is 291 g/mol. The Morgan fingerprint density at radius 1 is 1.60 bits per heavy atom.